The fraction of sp³-hybridized carbons (Fsp3) is 1.00. The van der Waals surface area contributed by atoms with Crippen LogP contribution in [0.1, 0.15) is 32.6 Å². The third kappa shape index (κ3) is 1.12. The lowest BCUT2D eigenvalue weighted by Crippen LogP contribution is -2.58. The van der Waals surface area contributed by atoms with Gasteiger partial charge in [-0.25, -0.2) is 0 Å². The Morgan fingerprint density at radius 3 is 1.86 bits per heavy atom. The summed E-state index contributed by atoms with van der Waals surface area (Å²) >= 11 is 12.4. The van der Waals surface area contributed by atoms with E-state index >= 15 is 0 Å². The Labute approximate surface area is 95.1 Å². The summed E-state index contributed by atoms with van der Waals surface area (Å²) < 4.78 is 5.91. The molecular formula is C11H16Cl2O. The van der Waals surface area contributed by atoms with Crippen LogP contribution in [0.5, 0.6) is 0 Å². The van der Waals surface area contributed by atoms with Crippen LogP contribution in [0.25, 0.3) is 0 Å². The Balaban J connectivity index is 1.94. The molecule has 0 radical (unpaired) electrons. The molecule has 0 spiro atoms. The molecule has 2 aliphatic carbocycles. The summed E-state index contributed by atoms with van der Waals surface area (Å²) in [6.45, 7) is 2.28. The molecule has 4 aliphatic rings. The normalized spacial score (nSPS) is 55.7. The van der Waals surface area contributed by atoms with Gasteiger partial charge in [-0.3, -0.25) is 0 Å². The highest BCUT2D eigenvalue weighted by molar-refractivity contribution is 6.44. The monoisotopic (exact) mass is 234 g/mol. The van der Waals surface area contributed by atoms with Crippen molar-refractivity contribution in [3.63, 3.8) is 0 Å². The van der Waals surface area contributed by atoms with Crippen LogP contribution < -0.4 is 0 Å². The molecule has 4 fully saturated rings. The van der Waals surface area contributed by atoms with Gasteiger partial charge in [-0.1, -0.05) is 6.92 Å². The van der Waals surface area contributed by atoms with Crippen LogP contribution in [0.4, 0.5) is 0 Å². The maximum absolute atomic E-state index is 6.19. The molecule has 14 heavy (non-hydrogen) atoms. The lowest BCUT2D eigenvalue weighted by Gasteiger charge is -2.60. The third-order valence-corrected chi connectivity index (χ3v) is 5.74. The molecule has 0 N–H and O–H groups in total. The van der Waals surface area contributed by atoms with E-state index in [2.05, 4.69) is 6.92 Å². The molecule has 1 nitrogen and oxygen atoms in total. The predicted octanol–water partition coefficient (Wildman–Crippen LogP) is 3.38. The number of ether oxygens (including phenoxy) is 1. The Bertz CT molecular complexity index is 224. The molecule has 4 rings (SSSR count). The highest BCUT2D eigenvalue weighted by atomic mass is 35.5. The summed E-state index contributed by atoms with van der Waals surface area (Å²) in [7, 11) is 0. The quantitative estimate of drug-likeness (QED) is 0.633. The molecule has 0 atom stereocenters. The van der Waals surface area contributed by atoms with Crippen LogP contribution in [-0.4, -0.2) is 17.0 Å². The van der Waals surface area contributed by atoms with Crippen LogP contribution in [-0.2, 0) is 4.74 Å². The van der Waals surface area contributed by atoms with Crippen LogP contribution in [0.3, 0.4) is 0 Å². The van der Waals surface area contributed by atoms with Crippen LogP contribution in [0.15, 0.2) is 0 Å². The van der Waals surface area contributed by atoms with Gasteiger partial charge in [-0.2, -0.15) is 0 Å². The van der Waals surface area contributed by atoms with Gasteiger partial charge in [-0.15, -0.1) is 23.2 Å². The smallest absolute Gasteiger partial charge is 0.113 e. The van der Waals surface area contributed by atoms with Crippen LogP contribution in [0, 0.1) is 17.3 Å². The Hall–Kier alpha value is 0.540. The van der Waals surface area contributed by atoms with E-state index in [4.69, 9.17) is 27.9 Å². The zero-order chi connectivity index (χ0) is 9.92. The van der Waals surface area contributed by atoms with Crippen molar-refractivity contribution in [2.75, 3.05) is 0 Å². The highest BCUT2D eigenvalue weighted by Crippen LogP contribution is 2.60. The zero-order valence-corrected chi connectivity index (χ0v) is 9.89. The molecular weight excluding hydrogens is 219 g/mol. The van der Waals surface area contributed by atoms with Crippen molar-refractivity contribution in [1.29, 1.82) is 0 Å². The van der Waals surface area contributed by atoms with Crippen LogP contribution in [0.2, 0.25) is 0 Å². The predicted molar refractivity (Wildman–Crippen MR) is 57.7 cm³/mol. The van der Waals surface area contributed by atoms with E-state index in [0.717, 1.165) is 0 Å². The first-order chi connectivity index (χ1) is 6.60. The van der Waals surface area contributed by atoms with E-state index in [1.165, 1.54) is 25.7 Å². The van der Waals surface area contributed by atoms with Gasteiger partial charge in [0, 0.05) is 5.41 Å². The summed E-state index contributed by atoms with van der Waals surface area (Å²) in [6.07, 6.45) is 5.74. The minimum atomic E-state index is -0.211. The van der Waals surface area contributed by atoms with Crippen molar-refractivity contribution in [3.05, 3.63) is 0 Å². The van der Waals surface area contributed by atoms with Crippen molar-refractivity contribution in [3.8, 4) is 0 Å². The molecule has 0 unspecified atom stereocenters. The first-order valence-electron chi connectivity index (χ1n) is 5.54. The second kappa shape index (κ2) is 3.02. The highest BCUT2D eigenvalue weighted by Gasteiger charge is 2.57. The maximum atomic E-state index is 6.19. The Morgan fingerprint density at radius 2 is 1.50 bits per heavy atom. The van der Waals surface area contributed by atoms with Crippen molar-refractivity contribution < 1.29 is 4.74 Å². The largest absolute Gasteiger partial charge is 0.375 e. The minimum Gasteiger partial charge on any atom is -0.375 e. The summed E-state index contributed by atoms with van der Waals surface area (Å²) in [5.41, 5.74) is 0.153. The van der Waals surface area contributed by atoms with Crippen molar-refractivity contribution in [2.24, 2.45) is 17.3 Å². The summed E-state index contributed by atoms with van der Waals surface area (Å²) in [4.78, 5) is -0.211. The topological polar surface area (TPSA) is 9.23 Å². The standard InChI is InChI=1S/C11H16Cl2O/c1-11(10(12)13)6-2-8-4-7(11)5-9(3-6)14-8/h6-10H,2-5H2,1H3. The average molecular weight is 235 g/mol. The molecule has 0 aromatic carbocycles. The van der Waals surface area contributed by atoms with Crippen LogP contribution >= 0.6 is 23.2 Å². The summed E-state index contributed by atoms with van der Waals surface area (Å²) in [5.74, 6) is 1.39. The van der Waals surface area contributed by atoms with Crippen molar-refractivity contribution in [1.82, 2.24) is 0 Å². The minimum absolute atomic E-state index is 0.153. The second-order valence-corrected chi connectivity index (χ2v) is 6.48. The van der Waals surface area contributed by atoms with Gasteiger partial charge < -0.3 is 4.74 Å². The average Bonchev–Trinajstić information content (AvgIpc) is 2.12. The van der Waals surface area contributed by atoms with Gasteiger partial charge in [0.1, 0.15) is 4.84 Å². The molecule has 80 valence electrons. The molecule has 2 saturated heterocycles. The van der Waals surface area contributed by atoms with E-state index in [0.29, 0.717) is 24.0 Å². The summed E-state index contributed by atoms with van der Waals surface area (Å²) in [5, 5.41) is 0. The van der Waals surface area contributed by atoms with E-state index in [1.54, 1.807) is 0 Å². The first-order valence-corrected chi connectivity index (χ1v) is 6.41. The van der Waals surface area contributed by atoms with Gasteiger partial charge in [0.15, 0.2) is 0 Å². The maximum Gasteiger partial charge on any atom is 0.113 e. The van der Waals surface area contributed by atoms with Gasteiger partial charge >= 0.3 is 0 Å². The molecule has 0 aromatic rings. The Morgan fingerprint density at radius 1 is 1.07 bits per heavy atom. The second-order valence-electron chi connectivity index (χ2n) is 5.38. The first kappa shape index (κ1) is 9.74. The molecule has 2 aliphatic heterocycles. The van der Waals surface area contributed by atoms with Crippen molar-refractivity contribution >= 4 is 23.2 Å². The fourth-order valence-corrected chi connectivity index (χ4v) is 4.57. The molecule has 0 aromatic heterocycles. The lowest BCUT2D eigenvalue weighted by molar-refractivity contribution is -0.204. The zero-order valence-electron chi connectivity index (χ0n) is 8.38. The SMILES string of the molecule is CC1(C(Cl)Cl)C2CC3CC1CC(C2)O3. The number of halogens is 2. The molecule has 4 bridgehead atoms. The van der Waals surface area contributed by atoms with E-state index < -0.39 is 0 Å². The number of hydrogen-bond acceptors (Lipinski definition) is 1. The number of hydrogen-bond donors (Lipinski definition) is 0. The molecule has 2 saturated carbocycles. The van der Waals surface area contributed by atoms with Gasteiger partial charge in [0.2, 0.25) is 0 Å². The third-order valence-electron chi connectivity index (χ3n) is 4.80. The molecule has 0 amide bonds. The van der Waals surface area contributed by atoms with E-state index in [-0.39, 0.29) is 10.3 Å². The Kier molecular flexibility index (Phi) is 2.10. The van der Waals surface area contributed by atoms with E-state index in [9.17, 15) is 0 Å². The van der Waals surface area contributed by atoms with Gasteiger partial charge in [0.05, 0.1) is 12.2 Å². The van der Waals surface area contributed by atoms with Crippen molar-refractivity contribution in [2.45, 2.75) is 49.7 Å². The summed E-state index contributed by atoms with van der Waals surface area (Å²) in [6, 6.07) is 0. The van der Waals surface area contributed by atoms with Gasteiger partial charge in [-0.05, 0) is 37.5 Å². The number of alkyl halides is 2. The lowest BCUT2D eigenvalue weighted by atomic mass is 9.53. The molecule has 2 heterocycles. The van der Waals surface area contributed by atoms with E-state index in [1.807, 2.05) is 0 Å². The fourth-order valence-electron chi connectivity index (χ4n) is 3.85. The van der Waals surface area contributed by atoms with Gasteiger partial charge in [0.25, 0.3) is 0 Å². The number of rotatable bonds is 1. The molecule has 3 heteroatoms.